The van der Waals surface area contributed by atoms with Gasteiger partial charge in [0.05, 0.1) is 5.69 Å². The van der Waals surface area contributed by atoms with Crippen molar-refractivity contribution in [2.24, 2.45) is 5.73 Å². The van der Waals surface area contributed by atoms with Crippen LogP contribution in [-0.4, -0.2) is 9.38 Å². The van der Waals surface area contributed by atoms with Gasteiger partial charge in [0.1, 0.15) is 5.82 Å². The lowest BCUT2D eigenvalue weighted by atomic mass is 10.0. The summed E-state index contributed by atoms with van der Waals surface area (Å²) >= 11 is 4.85. The topological polar surface area (TPSA) is 43.3 Å². The van der Waals surface area contributed by atoms with Gasteiger partial charge in [-0.1, -0.05) is 15.9 Å². The van der Waals surface area contributed by atoms with E-state index in [1.54, 1.807) is 11.3 Å². The summed E-state index contributed by atoms with van der Waals surface area (Å²) in [5.41, 5.74) is 7.81. The Bertz CT molecular complexity index is 673. The van der Waals surface area contributed by atoms with Crippen molar-refractivity contribution in [3.05, 3.63) is 57.5 Å². The smallest absolute Gasteiger partial charge is 0.193 e. The molecule has 19 heavy (non-hydrogen) atoms. The third-order valence-corrected chi connectivity index (χ3v) is 4.11. The molecule has 0 fully saturated rings. The highest BCUT2D eigenvalue weighted by molar-refractivity contribution is 9.10. The minimum Gasteiger partial charge on any atom is -0.324 e. The van der Waals surface area contributed by atoms with Crippen LogP contribution in [0.1, 0.15) is 17.3 Å². The van der Waals surface area contributed by atoms with Gasteiger partial charge in [-0.15, -0.1) is 11.3 Å². The van der Waals surface area contributed by atoms with E-state index in [9.17, 15) is 4.39 Å². The average Bonchev–Trinajstić information content (AvgIpc) is 2.88. The quantitative estimate of drug-likeness (QED) is 0.793. The number of fused-ring (bicyclic) bond motifs is 1. The molecule has 1 atom stereocenters. The van der Waals surface area contributed by atoms with Gasteiger partial charge in [-0.2, -0.15) is 0 Å². The first kappa shape index (κ1) is 12.8. The predicted octanol–water partition coefficient (Wildman–Crippen LogP) is 3.54. The van der Waals surface area contributed by atoms with E-state index >= 15 is 0 Å². The molecule has 98 valence electrons. The third kappa shape index (κ3) is 2.70. The van der Waals surface area contributed by atoms with Crippen molar-refractivity contribution in [3.63, 3.8) is 0 Å². The van der Waals surface area contributed by atoms with Gasteiger partial charge < -0.3 is 5.73 Å². The molecular formula is C13H11BrFN3S. The number of aromatic nitrogens is 2. The molecule has 6 heteroatoms. The molecule has 0 aliphatic heterocycles. The monoisotopic (exact) mass is 339 g/mol. The fourth-order valence-electron chi connectivity index (χ4n) is 2.01. The van der Waals surface area contributed by atoms with E-state index < -0.39 is 0 Å². The third-order valence-electron chi connectivity index (χ3n) is 2.89. The highest BCUT2D eigenvalue weighted by atomic mass is 79.9. The molecule has 0 saturated heterocycles. The van der Waals surface area contributed by atoms with Crippen molar-refractivity contribution in [2.75, 3.05) is 0 Å². The summed E-state index contributed by atoms with van der Waals surface area (Å²) < 4.78 is 16.0. The molecule has 1 unspecified atom stereocenters. The highest BCUT2D eigenvalue weighted by Crippen LogP contribution is 2.22. The summed E-state index contributed by atoms with van der Waals surface area (Å²) in [6, 6.07) is 4.46. The number of rotatable bonds is 3. The SMILES string of the molecule is NC(Cc1cn2ccsc2n1)c1cc(F)cc(Br)c1. The van der Waals surface area contributed by atoms with Crippen molar-refractivity contribution < 1.29 is 4.39 Å². The maximum absolute atomic E-state index is 13.3. The summed E-state index contributed by atoms with van der Waals surface area (Å²) in [4.78, 5) is 5.43. The van der Waals surface area contributed by atoms with E-state index in [0.717, 1.165) is 16.2 Å². The lowest BCUT2D eigenvalue weighted by molar-refractivity contribution is 0.616. The Morgan fingerprint density at radius 2 is 2.26 bits per heavy atom. The van der Waals surface area contributed by atoms with E-state index in [-0.39, 0.29) is 11.9 Å². The summed E-state index contributed by atoms with van der Waals surface area (Å²) in [5, 5.41) is 1.98. The summed E-state index contributed by atoms with van der Waals surface area (Å²) in [7, 11) is 0. The molecule has 2 N–H and O–H groups in total. The van der Waals surface area contributed by atoms with E-state index in [1.807, 2.05) is 28.2 Å². The van der Waals surface area contributed by atoms with Crippen LogP contribution >= 0.6 is 27.3 Å². The summed E-state index contributed by atoms with van der Waals surface area (Å²) in [6.45, 7) is 0. The van der Waals surface area contributed by atoms with Crippen LogP contribution in [0.4, 0.5) is 4.39 Å². The fourth-order valence-corrected chi connectivity index (χ4v) is 3.21. The number of nitrogens with zero attached hydrogens (tertiary/aromatic N) is 2. The molecule has 0 saturated carbocycles. The molecule has 0 aliphatic carbocycles. The maximum Gasteiger partial charge on any atom is 0.193 e. The first-order valence-corrected chi connectivity index (χ1v) is 7.42. The second-order valence-electron chi connectivity index (χ2n) is 4.34. The van der Waals surface area contributed by atoms with Gasteiger partial charge >= 0.3 is 0 Å². The van der Waals surface area contributed by atoms with Crippen molar-refractivity contribution in [3.8, 4) is 0 Å². The lowest BCUT2D eigenvalue weighted by Gasteiger charge is -2.11. The van der Waals surface area contributed by atoms with E-state index in [1.165, 1.54) is 12.1 Å². The van der Waals surface area contributed by atoms with Gasteiger partial charge in [0.2, 0.25) is 0 Å². The summed E-state index contributed by atoms with van der Waals surface area (Å²) in [6.07, 6.45) is 4.51. The van der Waals surface area contributed by atoms with Crippen LogP contribution in [0.5, 0.6) is 0 Å². The molecule has 0 radical (unpaired) electrons. The second kappa shape index (κ2) is 5.03. The first-order valence-electron chi connectivity index (χ1n) is 5.74. The van der Waals surface area contributed by atoms with Gasteiger partial charge in [-0.05, 0) is 23.8 Å². The minimum absolute atomic E-state index is 0.267. The van der Waals surface area contributed by atoms with E-state index in [0.29, 0.717) is 10.9 Å². The molecule has 3 nitrogen and oxygen atoms in total. The Labute approximate surface area is 122 Å². The normalized spacial score (nSPS) is 13.0. The lowest BCUT2D eigenvalue weighted by Crippen LogP contribution is -2.13. The zero-order valence-corrected chi connectivity index (χ0v) is 12.3. The average molecular weight is 340 g/mol. The van der Waals surface area contributed by atoms with Crippen molar-refractivity contribution in [1.82, 2.24) is 9.38 Å². The summed E-state index contributed by atoms with van der Waals surface area (Å²) in [5.74, 6) is -0.286. The van der Waals surface area contributed by atoms with E-state index in [4.69, 9.17) is 5.73 Å². The van der Waals surface area contributed by atoms with Gasteiger partial charge in [0, 0.05) is 34.7 Å². The number of thiazole rings is 1. The molecule has 1 aromatic carbocycles. The Morgan fingerprint density at radius 3 is 3.00 bits per heavy atom. The first-order chi connectivity index (χ1) is 9.11. The zero-order chi connectivity index (χ0) is 13.4. The van der Waals surface area contributed by atoms with Crippen LogP contribution in [0.15, 0.2) is 40.4 Å². The van der Waals surface area contributed by atoms with Crippen LogP contribution in [0.2, 0.25) is 0 Å². The molecule has 0 amide bonds. The Kier molecular flexibility index (Phi) is 3.38. The van der Waals surface area contributed by atoms with Gasteiger partial charge in [-0.3, -0.25) is 4.40 Å². The second-order valence-corrected chi connectivity index (χ2v) is 6.13. The molecule has 0 spiro atoms. The van der Waals surface area contributed by atoms with Crippen molar-refractivity contribution in [2.45, 2.75) is 12.5 Å². The number of hydrogen-bond donors (Lipinski definition) is 1. The largest absolute Gasteiger partial charge is 0.324 e. The van der Waals surface area contributed by atoms with Gasteiger partial charge in [-0.25, -0.2) is 9.37 Å². The zero-order valence-electron chi connectivity index (χ0n) is 9.88. The Hall–Kier alpha value is -1.24. The van der Waals surface area contributed by atoms with Crippen molar-refractivity contribution >= 4 is 32.2 Å². The number of nitrogens with two attached hydrogens (primary N) is 1. The van der Waals surface area contributed by atoms with E-state index in [2.05, 4.69) is 20.9 Å². The molecule has 3 rings (SSSR count). The maximum atomic E-state index is 13.3. The molecule has 0 aliphatic rings. The molecular weight excluding hydrogens is 329 g/mol. The molecule has 3 aromatic rings. The highest BCUT2D eigenvalue weighted by Gasteiger charge is 2.12. The molecule has 2 aromatic heterocycles. The molecule has 0 bridgehead atoms. The van der Waals surface area contributed by atoms with Gasteiger partial charge in [0.15, 0.2) is 4.96 Å². The minimum atomic E-state index is -0.286. The number of imidazole rings is 1. The van der Waals surface area contributed by atoms with Crippen LogP contribution < -0.4 is 5.73 Å². The number of hydrogen-bond acceptors (Lipinski definition) is 3. The van der Waals surface area contributed by atoms with Crippen LogP contribution in [0.3, 0.4) is 0 Å². The number of halogens is 2. The number of benzene rings is 1. The standard InChI is InChI=1S/C13H11BrFN3S/c14-9-3-8(4-10(15)5-9)12(16)6-11-7-18-1-2-19-13(18)17-11/h1-5,7,12H,6,16H2. The Balaban J connectivity index is 1.84. The fraction of sp³-hybridized carbons (Fsp3) is 0.154. The molecule has 2 heterocycles. The van der Waals surface area contributed by atoms with Crippen LogP contribution in [-0.2, 0) is 6.42 Å². The Morgan fingerprint density at radius 1 is 1.42 bits per heavy atom. The van der Waals surface area contributed by atoms with Crippen LogP contribution in [0.25, 0.3) is 4.96 Å². The van der Waals surface area contributed by atoms with Crippen LogP contribution in [0, 0.1) is 5.82 Å². The van der Waals surface area contributed by atoms with Crippen molar-refractivity contribution in [1.29, 1.82) is 0 Å². The van der Waals surface area contributed by atoms with Gasteiger partial charge in [0.25, 0.3) is 0 Å². The predicted molar refractivity (Wildman–Crippen MR) is 77.8 cm³/mol.